The number of amides is 1. The fourth-order valence-electron chi connectivity index (χ4n) is 5.99. The molecule has 12 heteroatoms. The Morgan fingerprint density at radius 1 is 1.10 bits per heavy atom. The molecule has 2 fully saturated rings. The molecule has 3 N–H and O–H groups in total. The number of primary sulfonamides is 1. The van der Waals surface area contributed by atoms with E-state index >= 15 is 0 Å². The number of benzene rings is 1. The van der Waals surface area contributed by atoms with Gasteiger partial charge < -0.3 is 24.4 Å². The molecule has 1 aromatic carbocycles. The first-order valence-electron chi connectivity index (χ1n) is 14.5. The number of hydrogen-bond acceptors (Lipinski definition) is 8. The van der Waals surface area contributed by atoms with Crippen molar-refractivity contribution >= 4 is 32.8 Å². The van der Waals surface area contributed by atoms with Gasteiger partial charge in [0.15, 0.2) is 0 Å². The van der Waals surface area contributed by atoms with E-state index in [2.05, 4.69) is 34.2 Å². The maximum atomic E-state index is 13.1. The third-order valence-electron chi connectivity index (χ3n) is 8.33. The normalized spacial score (nSPS) is 20.4. The summed E-state index contributed by atoms with van der Waals surface area (Å²) >= 11 is 0. The molecule has 3 aromatic rings. The number of anilines is 1. The Balaban J connectivity index is 1.17. The molecule has 3 heterocycles. The van der Waals surface area contributed by atoms with E-state index in [1.54, 1.807) is 6.20 Å². The number of nitrogens with one attached hydrogen (secondary N) is 1. The molecule has 1 aliphatic carbocycles. The topological polar surface area (TPSA) is 136 Å². The second-order valence-corrected chi connectivity index (χ2v) is 13.1. The molecule has 5 rings (SSSR count). The van der Waals surface area contributed by atoms with E-state index in [1.807, 2.05) is 41.1 Å². The third kappa shape index (κ3) is 7.35. The van der Waals surface area contributed by atoms with Gasteiger partial charge in [0.1, 0.15) is 11.6 Å². The summed E-state index contributed by atoms with van der Waals surface area (Å²) in [6.45, 7) is 1.98. The Morgan fingerprint density at radius 2 is 1.85 bits per heavy atom. The molecule has 1 saturated heterocycles. The first-order chi connectivity index (χ1) is 19.7. The number of piperidine rings is 1. The van der Waals surface area contributed by atoms with Crippen LogP contribution >= 0.6 is 0 Å². The van der Waals surface area contributed by atoms with Crippen LogP contribution in [-0.4, -0.2) is 90.3 Å². The number of rotatable bonds is 10. The van der Waals surface area contributed by atoms with Crippen molar-refractivity contribution < 1.29 is 17.9 Å². The van der Waals surface area contributed by atoms with Gasteiger partial charge in [-0.25, -0.2) is 18.5 Å². The number of aromatic nitrogens is 3. The first kappa shape index (κ1) is 29.3. The summed E-state index contributed by atoms with van der Waals surface area (Å²) in [5.74, 6) is 2.30. The van der Waals surface area contributed by atoms with Crippen molar-refractivity contribution in [3.8, 4) is 11.6 Å². The van der Waals surface area contributed by atoms with Gasteiger partial charge in [0, 0.05) is 48.9 Å². The zero-order valence-corrected chi connectivity index (χ0v) is 24.7. The fraction of sp³-hybridized carbons (Fsp3) is 0.552. The number of carbonyl (C=O) groups is 1. The Bertz CT molecular complexity index is 1440. The summed E-state index contributed by atoms with van der Waals surface area (Å²) in [6.07, 6.45) is 9.70. The molecule has 0 atom stereocenters. The molecular weight excluding hydrogens is 542 g/mol. The molecule has 11 nitrogen and oxygen atoms in total. The summed E-state index contributed by atoms with van der Waals surface area (Å²) < 4.78 is 30.2. The van der Waals surface area contributed by atoms with Gasteiger partial charge in [0.25, 0.3) is 0 Å². The van der Waals surface area contributed by atoms with Crippen LogP contribution in [0.15, 0.2) is 42.7 Å². The van der Waals surface area contributed by atoms with Gasteiger partial charge in [-0.1, -0.05) is 6.07 Å². The fourth-order valence-corrected chi connectivity index (χ4v) is 6.51. The lowest BCUT2D eigenvalue weighted by Gasteiger charge is -2.38. The standard InChI is InChI=1S/C29H41N7O4S/c1-34(2)23-12-16-35(17-13-23)28(37)21-7-9-22(10-8-21)32-29-31-15-11-27(33-29)36-18-14-24-25(36)5-3-6-26(24)40-19-4-20-41(30,38)39/h3,5-6,11,14-15,18,21-23H,4,7-10,12-13,16-17,19-20H2,1-2H3,(H2,30,38,39)(H,31,32,33). The van der Waals surface area contributed by atoms with Crippen LogP contribution < -0.4 is 15.2 Å². The SMILES string of the molecule is CN(C)C1CCN(C(=O)C2CCC(Nc3nccc(-n4ccc5c(OCCCS(N)(=O)=O)cccc54)n3)CC2)CC1. The van der Waals surface area contributed by atoms with Gasteiger partial charge >= 0.3 is 0 Å². The maximum Gasteiger partial charge on any atom is 0.225 e. The van der Waals surface area contributed by atoms with E-state index in [0.717, 1.165) is 68.3 Å². The number of likely N-dealkylation sites (tertiary alicyclic amines) is 1. The molecule has 2 aliphatic rings. The molecular formula is C29H41N7O4S. The van der Waals surface area contributed by atoms with Crippen LogP contribution in [0.4, 0.5) is 5.95 Å². The minimum Gasteiger partial charge on any atom is -0.493 e. The maximum absolute atomic E-state index is 13.1. The lowest BCUT2D eigenvalue weighted by molar-refractivity contribution is -0.138. The van der Waals surface area contributed by atoms with Gasteiger partial charge in [-0.3, -0.25) is 4.79 Å². The van der Waals surface area contributed by atoms with Gasteiger partial charge in [0.2, 0.25) is 21.9 Å². The molecule has 1 saturated carbocycles. The molecule has 1 amide bonds. The highest BCUT2D eigenvalue weighted by atomic mass is 32.2. The lowest BCUT2D eigenvalue weighted by atomic mass is 9.84. The molecule has 222 valence electrons. The number of sulfonamides is 1. The quantitative estimate of drug-likeness (QED) is 0.348. The Hall–Kier alpha value is -3.22. The molecule has 1 aliphatic heterocycles. The van der Waals surface area contributed by atoms with E-state index in [4.69, 9.17) is 14.9 Å². The second kappa shape index (κ2) is 12.7. The Labute approximate surface area is 242 Å². The Kier molecular flexibility index (Phi) is 9.10. The van der Waals surface area contributed by atoms with Gasteiger partial charge in [0.05, 0.1) is 17.9 Å². The van der Waals surface area contributed by atoms with E-state index in [1.165, 1.54) is 0 Å². The van der Waals surface area contributed by atoms with Gasteiger partial charge in [-0.2, -0.15) is 4.98 Å². The van der Waals surface area contributed by atoms with Crippen molar-refractivity contribution in [1.29, 1.82) is 0 Å². The summed E-state index contributed by atoms with van der Waals surface area (Å²) in [7, 11) is 0.731. The molecule has 0 spiro atoms. The smallest absolute Gasteiger partial charge is 0.225 e. The molecule has 2 aromatic heterocycles. The van der Waals surface area contributed by atoms with Crippen LogP contribution in [0.2, 0.25) is 0 Å². The predicted octanol–water partition coefficient (Wildman–Crippen LogP) is 3.00. The minimum atomic E-state index is -3.51. The monoisotopic (exact) mass is 583 g/mol. The van der Waals surface area contributed by atoms with Gasteiger partial charge in [-0.15, -0.1) is 0 Å². The number of nitrogens with two attached hydrogens (primary N) is 1. The second-order valence-electron chi connectivity index (χ2n) is 11.4. The van der Waals surface area contributed by atoms with Crippen LogP contribution in [0.5, 0.6) is 5.75 Å². The van der Waals surface area contributed by atoms with E-state index < -0.39 is 10.0 Å². The average molecular weight is 584 g/mol. The van der Waals surface area contributed by atoms with Crippen molar-refractivity contribution in [2.24, 2.45) is 11.1 Å². The summed E-state index contributed by atoms with van der Waals surface area (Å²) in [4.78, 5) is 26.7. The number of hydrogen-bond donors (Lipinski definition) is 2. The van der Waals surface area contributed by atoms with E-state index in [9.17, 15) is 13.2 Å². The zero-order valence-electron chi connectivity index (χ0n) is 23.9. The first-order valence-corrected chi connectivity index (χ1v) is 16.2. The number of fused-ring (bicyclic) bond motifs is 1. The highest BCUT2D eigenvalue weighted by molar-refractivity contribution is 7.89. The van der Waals surface area contributed by atoms with Crippen LogP contribution in [0.3, 0.4) is 0 Å². The van der Waals surface area contributed by atoms with Crippen molar-refractivity contribution in [2.75, 3.05) is 44.9 Å². The predicted molar refractivity (Wildman–Crippen MR) is 160 cm³/mol. The number of ether oxygens (including phenoxy) is 1. The number of nitrogens with zero attached hydrogens (tertiary/aromatic N) is 5. The summed E-state index contributed by atoms with van der Waals surface area (Å²) in [6, 6.07) is 10.4. The Morgan fingerprint density at radius 3 is 2.56 bits per heavy atom. The van der Waals surface area contributed by atoms with Crippen molar-refractivity contribution in [3.63, 3.8) is 0 Å². The molecule has 41 heavy (non-hydrogen) atoms. The van der Waals surface area contributed by atoms with Crippen molar-refractivity contribution in [1.82, 2.24) is 24.3 Å². The van der Waals surface area contributed by atoms with Crippen LogP contribution in [0.1, 0.15) is 44.9 Å². The minimum absolute atomic E-state index is 0.110. The molecule has 0 bridgehead atoms. The van der Waals surface area contributed by atoms with Crippen LogP contribution in [-0.2, 0) is 14.8 Å². The third-order valence-corrected chi connectivity index (χ3v) is 9.19. The molecule has 0 radical (unpaired) electrons. The van der Waals surface area contributed by atoms with Crippen LogP contribution in [0.25, 0.3) is 16.7 Å². The summed E-state index contributed by atoms with van der Waals surface area (Å²) in [5.41, 5.74) is 0.923. The van der Waals surface area contributed by atoms with E-state index in [-0.39, 0.29) is 24.3 Å². The van der Waals surface area contributed by atoms with Crippen LogP contribution in [0, 0.1) is 5.92 Å². The lowest BCUT2D eigenvalue weighted by Crippen LogP contribution is -2.47. The highest BCUT2D eigenvalue weighted by Crippen LogP contribution is 2.30. The van der Waals surface area contributed by atoms with E-state index in [0.29, 0.717) is 30.1 Å². The average Bonchev–Trinajstić information content (AvgIpc) is 3.40. The summed E-state index contributed by atoms with van der Waals surface area (Å²) in [5, 5.41) is 9.49. The number of carbonyl (C=O) groups excluding carboxylic acids is 1. The van der Waals surface area contributed by atoms with Crippen molar-refractivity contribution in [2.45, 2.75) is 57.0 Å². The molecule has 0 unspecified atom stereocenters. The van der Waals surface area contributed by atoms with Crippen molar-refractivity contribution in [3.05, 3.63) is 42.7 Å². The van der Waals surface area contributed by atoms with Gasteiger partial charge in [-0.05, 0) is 83.3 Å². The zero-order chi connectivity index (χ0) is 29.0. The largest absolute Gasteiger partial charge is 0.493 e. The highest BCUT2D eigenvalue weighted by Gasteiger charge is 2.32.